The van der Waals surface area contributed by atoms with Crippen LogP contribution in [0.15, 0.2) is 18.2 Å². The number of urea groups is 1. The van der Waals surface area contributed by atoms with Crippen LogP contribution in [0.25, 0.3) is 0 Å². The number of amides is 2. The molecule has 9 heteroatoms. The second-order valence-electron chi connectivity index (χ2n) is 5.45. The zero-order valence-corrected chi connectivity index (χ0v) is 12.4. The van der Waals surface area contributed by atoms with Crippen LogP contribution in [0, 0.1) is 28.9 Å². The maximum Gasteiger partial charge on any atom is 0.413 e. The van der Waals surface area contributed by atoms with Gasteiger partial charge in [-0.3, -0.25) is 0 Å². The van der Waals surface area contributed by atoms with Crippen molar-refractivity contribution in [3.05, 3.63) is 35.4 Å². The van der Waals surface area contributed by atoms with Gasteiger partial charge in [0.1, 0.15) is 11.6 Å². The zero-order chi connectivity index (χ0) is 17.9. The summed E-state index contributed by atoms with van der Waals surface area (Å²) in [7, 11) is 0. The van der Waals surface area contributed by atoms with E-state index in [9.17, 15) is 26.7 Å². The number of piperidine rings is 1. The number of nitrogens with one attached hydrogen (secondary N) is 1. The monoisotopic (exact) mass is 347 g/mol. The molecular formula is C15H14F5N3O. The van der Waals surface area contributed by atoms with Crippen LogP contribution in [0.5, 0.6) is 0 Å². The van der Waals surface area contributed by atoms with Crippen LogP contribution in [0.1, 0.15) is 24.4 Å². The summed E-state index contributed by atoms with van der Waals surface area (Å²) in [5, 5.41) is 10.4. The predicted octanol–water partition coefficient (Wildman–Crippen LogP) is 3.51. The van der Waals surface area contributed by atoms with Crippen molar-refractivity contribution in [2.75, 3.05) is 13.1 Å². The number of nitrogens with zero attached hydrogens (tertiary/aromatic N) is 2. The summed E-state index contributed by atoms with van der Waals surface area (Å²) in [4.78, 5) is 13.1. The third-order valence-corrected chi connectivity index (χ3v) is 3.85. The van der Waals surface area contributed by atoms with Crippen molar-refractivity contribution < 1.29 is 26.7 Å². The molecule has 1 fully saturated rings. The second kappa shape index (κ2) is 7.03. The number of alkyl halides is 3. The highest BCUT2D eigenvalue weighted by Gasteiger charge is 2.45. The van der Waals surface area contributed by atoms with Gasteiger partial charge in [0.15, 0.2) is 6.04 Å². The van der Waals surface area contributed by atoms with Crippen molar-refractivity contribution in [2.24, 2.45) is 5.92 Å². The van der Waals surface area contributed by atoms with Crippen LogP contribution in [0.2, 0.25) is 0 Å². The number of halogens is 5. The summed E-state index contributed by atoms with van der Waals surface area (Å²) in [6.07, 6.45) is -4.38. The molecule has 1 aromatic carbocycles. The Morgan fingerprint density at radius 3 is 2.25 bits per heavy atom. The molecule has 1 N–H and O–H groups in total. The fraction of sp³-hybridized carbons (Fsp3) is 0.467. The Morgan fingerprint density at radius 1 is 1.25 bits per heavy atom. The second-order valence-corrected chi connectivity index (χ2v) is 5.45. The van der Waals surface area contributed by atoms with Crippen molar-refractivity contribution in [1.29, 1.82) is 5.26 Å². The van der Waals surface area contributed by atoms with Crippen molar-refractivity contribution in [3.8, 4) is 6.07 Å². The van der Waals surface area contributed by atoms with Gasteiger partial charge in [-0.25, -0.2) is 13.6 Å². The van der Waals surface area contributed by atoms with E-state index in [1.165, 1.54) is 0 Å². The minimum absolute atomic E-state index is 0.106. The van der Waals surface area contributed by atoms with Gasteiger partial charge in [0.2, 0.25) is 0 Å². The van der Waals surface area contributed by atoms with Crippen molar-refractivity contribution in [1.82, 2.24) is 10.2 Å². The number of carbonyl (C=O) groups is 1. The number of hydrogen-bond donors (Lipinski definition) is 1. The Morgan fingerprint density at radius 2 is 1.79 bits per heavy atom. The van der Waals surface area contributed by atoms with E-state index in [1.54, 1.807) is 5.32 Å². The fourth-order valence-electron chi connectivity index (χ4n) is 2.53. The molecule has 1 aliphatic rings. The first-order valence-corrected chi connectivity index (χ1v) is 7.19. The van der Waals surface area contributed by atoms with Crippen molar-refractivity contribution in [2.45, 2.75) is 25.1 Å². The third kappa shape index (κ3) is 3.93. The minimum atomic E-state index is -5.07. The normalized spacial score (nSPS) is 17.2. The molecule has 1 saturated heterocycles. The van der Waals surface area contributed by atoms with E-state index in [0.29, 0.717) is 25.0 Å². The van der Waals surface area contributed by atoms with E-state index in [2.05, 4.69) is 0 Å². The van der Waals surface area contributed by atoms with Crippen LogP contribution in [0.4, 0.5) is 26.7 Å². The SMILES string of the molecule is N#CC1CCN(C(=O)NC(c2c(F)cccc2F)C(F)(F)F)CC1. The summed E-state index contributed by atoms with van der Waals surface area (Å²) in [5.74, 6) is -3.03. The van der Waals surface area contributed by atoms with Gasteiger partial charge < -0.3 is 10.2 Å². The summed E-state index contributed by atoms with van der Waals surface area (Å²) in [6, 6.07) is 0.500. The predicted molar refractivity (Wildman–Crippen MR) is 73.6 cm³/mol. The van der Waals surface area contributed by atoms with Gasteiger partial charge >= 0.3 is 12.2 Å². The number of likely N-dealkylation sites (tertiary alicyclic amines) is 1. The number of benzene rings is 1. The lowest BCUT2D eigenvalue weighted by Crippen LogP contribution is -2.48. The fourth-order valence-corrected chi connectivity index (χ4v) is 2.53. The highest BCUT2D eigenvalue weighted by Crippen LogP contribution is 2.35. The molecule has 24 heavy (non-hydrogen) atoms. The zero-order valence-electron chi connectivity index (χ0n) is 12.4. The summed E-state index contributed by atoms with van der Waals surface area (Å²) < 4.78 is 67.0. The Balaban J connectivity index is 2.19. The summed E-state index contributed by atoms with van der Waals surface area (Å²) in [6.45, 7) is 0.211. The molecule has 0 radical (unpaired) electrons. The Hall–Kier alpha value is -2.37. The molecule has 2 amide bonds. The quantitative estimate of drug-likeness (QED) is 0.833. The van der Waals surface area contributed by atoms with E-state index in [4.69, 9.17) is 5.26 Å². The van der Waals surface area contributed by atoms with Gasteiger partial charge in [-0.2, -0.15) is 18.4 Å². The maximum absolute atomic E-state index is 13.7. The number of carbonyl (C=O) groups excluding carboxylic acids is 1. The Bertz CT molecular complexity index is 627. The standard InChI is InChI=1S/C15H14F5N3O/c16-10-2-1-3-11(17)12(10)13(15(18,19)20)22-14(24)23-6-4-9(8-21)5-7-23/h1-3,9,13H,4-7H2,(H,22,24). The molecule has 130 valence electrons. The molecule has 4 nitrogen and oxygen atoms in total. The van der Waals surface area contributed by atoms with Crippen molar-refractivity contribution in [3.63, 3.8) is 0 Å². The smallest absolute Gasteiger partial charge is 0.325 e. The first kappa shape index (κ1) is 18.0. The van der Waals surface area contributed by atoms with Crippen LogP contribution >= 0.6 is 0 Å². The van der Waals surface area contributed by atoms with Gasteiger partial charge in [-0.1, -0.05) is 6.07 Å². The highest BCUT2D eigenvalue weighted by atomic mass is 19.4. The van der Waals surface area contributed by atoms with E-state index >= 15 is 0 Å². The van der Waals surface area contributed by atoms with E-state index in [-0.39, 0.29) is 19.0 Å². The molecule has 1 aromatic rings. The van der Waals surface area contributed by atoms with Gasteiger partial charge in [0.05, 0.1) is 11.6 Å². The lowest BCUT2D eigenvalue weighted by Gasteiger charge is -2.31. The number of hydrogen-bond acceptors (Lipinski definition) is 2. The van der Waals surface area contributed by atoms with Gasteiger partial charge in [-0.05, 0) is 25.0 Å². The Kier molecular flexibility index (Phi) is 5.26. The molecule has 1 unspecified atom stereocenters. The van der Waals surface area contributed by atoms with E-state index in [0.717, 1.165) is 11.0 Å². The van der Waals surface area contributed by atoms with E-state index < -0.39 is 35.4 Å². The summed E-state index contributed by atoms with van der Waals surface area (Å²) in [5.41, 5.74) is -1.25. The Labute approximate surface area is 134 Å². The molecule has 1 atom stereocenters. The summed E-state index contributed by atoms with van der Waals surface area (Å²) >= 11 is 0. The number of rotatable bonds is 2. The third-order valence-electron chi connectivity index (χ3n) is 3.85. The van der Waals surface area contributed by atoms with Crippen LogP contribution in [0.3, 0.4) is 0 Å². The van der Waals surface area contributed by atoms with Crippen molar-refractivity contribution >= 4 is 6.03 Å². The first-order chi connectivity index (χ1) is 11.2. The van der Waals surface area contributed by atoms with Gasteiger partial charge in [0, 0.05) is 19.0 Å². The molecule has 0 saturated carbocycles. The van der Waals surface area contributed by atoms with Crippen LogP contribution in [-0.2, 0) is 0 Å². The molecule has 1 aliphatic heterocycles. The topological polar surface area (TPSA) is 56.1 Å². The largest absolute Gasteiger partial charge is 0.413 e. The molecule has 2 rings (SSSR count). The molecule has 0 aromatic heterocycles. The van der Waals surface area contributed by atoms with Gasteiger partial charge in [-0.15, -0.1) is 0 Å². The highest BCUT2D eigenvalue weighted by molar-refractivity contribution is 5.75. The van der Waals surface area contributed by atoms with Crippen LogP contribution in [-0.4, -0.2) is 30.2 Å². The minimum Gasteiger partial charge on any atom is -0.325 e. The average molecular weight is 347 g/mol. The van der Waals surface area contributed by atoms with Crippen LogP contribution < -0.4 is 5.32 Å². The lowest BCUT2D eigenvalue weighted by molar-refractivity contribution is -0.156. The average Bonchev–Trinajstić information content (AvgIpc) is 2.52. The maximum atomic E-state index is 13.7. The molecule has 0 spiro atoms. The number of nitriles is 1. The molecule has 0 bridgehead atoms. The first-order valence-electron chi connectivity index (χ1n) is 7.19. The molecular weight excluding hydrogens is 333 g/mol. The lowest BCUT2D eigenvalue weighted by atomic mass is 9.99. The van der Waals surface area contributed by atoms with Gasteiger partial charge in [0.25, 0.3) is 0 Å². The molecule has 1 heterocycles. The molecule has 0 aliphatic carbocycles. The van der Waals surface area contributed by atoms with E-state index in [1.807, 2.05) is 6.07 Å².